The van der Waals surface area contributed by atoms with Crippen LogP contribution in [0.2, 0.25) is 0 Å². The van der Waals surface area contributed by atoms with Crippen LogP contribution in [0.1, 0.15) is 47.7 Å². The Morgan fingerprint density at radius 3 is 2.00 bits per heavy atom. The molecular formula is C27H30N2O3. The largest absolute Gasteiger partial charge is 0.478 e. The van der Waals surface area contributed by atoms with Gasteiger partial charge >= 0.3 is 12.0 Å². The average molecular weight is 431 g/mol. The molecule has 2 N–H and O–H groups in total. The van der Waals surface area contributed by atoms with Crippen molar-refractivity contribution < 1.29 is 14.7 Å². The highest BCUT2D eigenvalue weighted by Gasteiger charge is 2.20. The van der Waals surface area contributed by atoms with Crippen molar-refractivity contribution in [2.45, 2.75) is 26.2 Å². The molecule has 0 saturated heterocycles. The second-order valence-corrected chi connectivity index (χ2v) is 8.32. The third-order valence-corrected chi connectivity index (χ3v) is 5.33. The quantitative estimate of drug-likeness (QED) is 0.431. The molecule has 0 bridgehead atoms. The molecule has 0 spiro atoms. The second-order valence-electron chi connectivity index (χ2n) is 8.32. The van der Waals surface area contributed by atoms with E-state index in [2.05, 4.69) is 43.4 Å². The van der Waals surface area contributed by atoms with Gasteiger partial charge in [0.15, 0.2) is 0 Å². The van der Waals surface area contributed by atoms with Crippen molar-refractivity contribution in [3.8, 4) is 0 Å². The first kappa shape index (κ1) is 23.1. The van der Waals surface area contributed by atoms with Crippen LogP contribution < -0.4 is 5.32 Å². The third-order valence-electron chi connectivity index (χ3n) is 5.33. The van der Waals surface area contributed by atoms with Gasteiger partial charge in [-0.15, -0.1) is 0 Å². The zero-order valence-corrected chi connectivity index (χ0v) is 18.6. The van der Waals surface area contributed by atoms with Gasteiger partial charge in [-0.05, 0) is 41.7 Å². The summed E-state index contributed by atoms with van der Waals surface area (Å²) < 4.78 is 0. The number of carboxylic acid groups (broad SMARTS) is 1. The van der Waals surface area contributed by atoms with Gasteiger partial charge in [-0.1, -0.05) is 80.6 Å². The maximum Gasteiger partial charge on any atom is 0.335 e. The Morgan fingerprint density at radius 1 is 0.875 bits per heavy atom. The first-order chi connectivity index (χ1) is 15.4. The third kappa shape index (κ3) is 6.45. The van der Waals surface area contributed by atoms with Crippen LogP contribution in [0.3, 0.4) is 0 Å². The van der Waals surface area contributed by atoms with Gasteiger partial charge in [-0.3, -0.25) is 0 Å². The molecule has 0 fully saturated rings. The van der Waals surface area contributed by atoms with Crippen molar-refractivity contribution in [3.05, 3.63) is 102 Å². The molecule has 0 aliphatic heterocycles. The molecule has 0 atom stereocenters. The van der Waals surface area contributed by atoms with Crippen molar-refractivity contribution in [1.29, 1.82) is 0 Å². The van der Waals surface area contributed by atoms with E-state index in [4.69, 9.17) is 0 Å². The minimum absolute atomic E-state index is 0.145. The van der Waals surface area contributed by atoms with E-state index in [0.717, 1.165) is 6.42 Å². The second kappa shape index (κ2) is 11.1. The molecule has 32 heavy (non-hydrogen) atoms. The van der Waals surface area contributed by atoms with E-state index in [1.807, 2.05) is 41.3 Å². The molecule has 3 aromatic carbocycles. The molecule has 0 heterocycles. The van der Waals surface area contributed by atoms with Crippen LogP contribution in [0.25, 0.3) is 0 Å². The van der Waals surface area contributed by atoms with Crippen molar-refractivity contribution in [2.75, 3.05) is 18.4 Å². The Labute approximate surface area is 189 Å². The van der Waals surface area contributed by atoms with Crippen LogP contribution in [0.15, 0.2) is 84.9 Å². The van der Waals surface area contributed by atoms with Crippen LogP contribution in [-0.4, -0.2) is 35.1 Å². The van der Waals surface area contributed by atoms with E-state index in [1.54, 1.807) is 12.1 Å². The van der Waals surface area contributed by atoms with Crippen LogP contribution in [0.5, 0.6) is 0 Å². The van der Waals surface area contributed by atoms with Crippen LogP contribution in [0.4, 0.5) is 10.5 Å². The molecule has 5 nitrogen and oxygen atoms in total. The SMILES string of the molecule is CC(C)CN(CCC(c1ccccc1)c1ccccc1)C(=O)Nc1cccc(C(=O)O)c1. The number of aromatic carboxylic acids is 1. The molecule has 0 saturated carbocycles. The zero-order chi connectivity index (χ0) is 22.9. The number of carbonyl (C=O) groups is 2. The summed E-state index contributed by atoms with van der Waals surface area (Å²) in [6.07, 6.45) is 0.781. The number of nitrogens with zero attached hydrogens (tertiary/aromatic N) is 1. The van der Waals surface area contributed by atoms with Crippen molar-refractivity contribution in [1.82, 2.24) is 4.90 Å². The fourth-order valence-electron chi connectivity index (χ4n) is 3.83. The van der Waals surface area contributed by atoms with Crippen molar-refractivity contribution >= 4 is 17.7 Å². The maximum absolute atomic E-state index is 13.1. The summed E-state index contributed by atoms with van der Waals surface area (Å²) in [6, 6.07) is 26.8. The summed E-state index contributed by atoms with van der Waals surface area (Å²) in [5.74, 6) is -0.540. The molecule has 166 valence electrons. The summed E-state index contributed by atoms with van der Waals surface area (Å²) in [5.41, 5.74) is 3.06. The summed E-state index contributed by atoms with van der Waals surface area (Å²) in [5, 5.41) is 12.1. The average Bonchev–Trinajstić information content (AvgIpc) is 2.79. The molecule has 3 aromatic rings. The van der Waals surface area contributed by atoms with E-state index < -0.39 is 5.97 Å². The van der Waals surface area contributed by atoms with Crippen LogP contribution in [-0.2, 0) is 0 Å². The van der Waals surface area contributed by atoms with E-state index in [0.29, 0.717) is 24.7 Å². The summed E-state index contributed by atoms with van der Waals surface area (Å²) in [4.78, 5) is 26.1. The predicted molar refractivity (Wildman–Crippen MR) is 128 cm³/mol. The monoisotopic (exact) mass is 430 g/mol. The Bertz CT molecular complexity index is 980. The lowest BCUT2D eigenvalue weighted by Gasteiger charge is -2.27. The lowest BCUT2D eigenvalue weighted by atomic mass is 9.88. The standard InChI is InChI=1S/C27H30N2O3/c1-20(2)19-29(27(32)28-24-15-9-14-23(18-24)26(30)31)17-16-25(21-10-5-3-6-11-21)22-12-7-4-8-13-22/h3-15,18,20,25H,16-17,19H2,1-2H3,(H,28,32)(H,30,31). The van der Waals surface area contributed by atoms with E-state index >= 15 is 0 Å². The van der Waals surface area contributed by atoms with Crippen LogP contribution in [0, 0.1) is 5.92 Å². The number of urea groups is 1. The fourth-order valence-corrected chi connectivity index (χ4v) is 3.83. The maximum atomic E-state index is 13.1. The molecule has 3 rings (SSSR count). The van der Waals surface area contributed by atoms with Gasteiger partial charge in [0.2, 0.25) is 0 Å². The number of hydrogen-bond acceptors (Lipinski definition) is 2. The highest BCUT2D eigenvalue weighted by molar-refractivity contribution is 5.93. The Hall–Kier alpha value is -3.60. The number of carbonyl (C=O) groups excluding carboxylic acids is 1. The van der Waals surface area contributed by atoms with Crippen molar-refractivity contribution in [2.24, 2.45) is 5.92 Å². The minimum Gasteiger partial charge on any atom is -0.478 e. The molecule has 0 radical (unpaired) electrons. The van der Waals surface area contributed by atoms with E-state index in [9.17, 15) is 14.7 Å². The summed E-state index contributed by atoms with van der Waals surface area (Å²) in [6.45, 7) is 5.35. The van der Waals surface area contributed by atoms with Gasteiger partial charge in [-0.2, -0.15) is 0 Å². The lowest BCUT2D eigenvalue weighted by Crippen LogP contribution is -2.38. The number of carboxylic acids is 1. The minimum atomic E-state index is -1.02. The first-order valence-electron chi connectivity index (χ1n) is 10.9. The predicted octanol–water partition coefficient (Wildman–Crippen LogP) is 6.10. The Balaban J connectivity index is 1.77. The van der Waals surface area contributed by atoms with Gasteiger partial charge < -0.3 is 15.3 Å². The van der Waals surface area contributed by atoms with Crippen molar-refractivity contribution in [3.63, 3.8) is 0 Å². The number of nitrogens with one attached hydrogen (secondary N) is 1. The Kier molecular flexibility index (Phi) is 8.03. The molecule has 0 aliphatic rings. The number of benzene rings is 3. The highest BCUT2D eigenvalue weighted by atomic mass is 16.4. The fraction of sp³-hybridized carbons (Fsp3) is 0.259. The first-order valence-corrected chi connectivity index (χ1v) is 10.9. The smallest absolute Gasteiger partial charge is 0.335 e. The number of hydrogen-bond donors (Lipinski definition) is 2. The molecule has 0 aliphatic carbocycles. The van der Waals surface area contributed by atoms with Gasteiger partial charge in [-0.25, -0.2) is 9.59 Å². The number of anilines is 1. The van der Waals surface area contributed by atoms with Gasteiger partial charge in [0.05, 0.1) is 5.56 Å². The highest BCUT2D eigenvalue weighted by Crippen LogP contribution is 2.28. The molecular weight excluding hydrogens is 400 g/mol. The van der Waals surface area contributed by atoms with E-state index in [1.165, 1.54) is 23.3 Å². The molecule has 0 aromatic heterocycles. The van der Waals surface area contributed by atoms with Crippen LogP contribution >= 0.6 is 0 Å². The summed E-state index contributed by atoms with van der Waals surface area (Å²) in [7, 11) is 0. The van der Waals surface area contributed by atoms with E-state index in [-0.39, 0.29) is 17.5 Å². The Morgan fingerprint density at radius 2 is 1.47 bits per heavy atom. The topological polar surface area (TPSA) is 69.6 Å². The number of rotatable bonds is 9. The molecule has 0 unspecified atom stereocenters. The normalized spacial score (nSPS) is 10.9. The molecule has 2 amide bonds. The van der Waals surface area contributed by atoms with Gasteiger partial charge in [0, 0.05) is 24.7 Å². The molecule has 5 heteroatoms. The van der Waals surface area contributed by atoms with Gasteiger partial charge in [0.25, 0.3) is 0 Å². The summed E-state index contributed by atoms with van der Waals surface area (Å²) >= 11 is 0. The number of amides is 2. The lowest BCUT2D eigenvalue weighted by molar-refractivity contribution is 0.0697. The zero-order valence-electron chi connectivity index (χ0n) is 18.6. The van der Waals surface area contributed by atoms with Gasteiger partial charge in [0.1, 0.15) is 0 Å².